The molecule has 1 fully saturated rings. The van der Waals surface area contributed by atoms with Crippen LogP contribution in [-0.2, 0) is 9.53 Å². The van der Waals surface area contributed by atoms with Gasteiger partial charge in [0.1, 0.15) is 0 Å². The number of aliphatic carboxylic acids is 1. The molecule has 1 aromatic rings. The van der Waals surface area contributed by atoms with Gasteiger partial charge in [-0.1, -0.05) is 6.07 Å². The highest BCUT2D eigenvalue weighted by molar-refractivity contribution is 5.91. The summed E-state index contributed by atoms with van der Waals surface area (Å²) in [6, 6.07) is 5.78. The van der Waals surface area contributed by atoms with Crippen LogP contribution in [0.25, 0.3) is 0 Å². The van der Waals surface area contributed by atoms with Gasteiger partial charge in [-0.15, -0.1) is 0 Å². The summed E-state index contributed by atoms with van der Waals surface area (Å²) in [7, 11) is 0. The summed E-state index contributed by atoms with van der Waals surface area (Å²) in [6.07, 6.45) is -1.33. The van der Waals surface area contributed by atoms with Crippen molar-refractivity contribution in [3.05, 3.63) is 29.3 Å². The van der Waals surface area contributed by atoms with Crippen LogP contribution in [0.2, 0.25) is 0 Å². The molecule has 5 heteroatoms. The smallest absolute Gasteiger partial charge is 0.415 e. The quantitative estimate of drug-likeness (QED) is 0.871. The van der Waals surface area contributed by atoms with Crippen LogP contribution in [0.5, 0.6) is 0 Å². The summed E-state index contributed by atoms with van der Waals surface area (Å²) in [5, 5.41) is 8.81. The molecule has 1 aliphatic heterocycles. The molecule has 1 aromatic carbocycles. The maximum absolute atomic E-state index is 11.8. The Balaban J connectivity index is 2.20. The molecule has 0 bridgehead atoms. The first kappa shape index (κ1) is 12.4. The summed E-state index contributed by atoms with van der Waals surface area (Å²) in [5.74, 6) is -1.09. The van der Waals surface area contributed by atoms with Crippen molar-refractivity contribution in [3.8, 4) is 0 Å². The lowest BCUT2D eigenvalue weighted by atomic mass is 10.1. The molecule has 0 saturated carbocycles. The molecule has 1 N–H and O–H groups in total. The SMILES string of the molecule is Cc1cc(C)cc(N2CCC(C(=O)O)OC2=O)c1. The van der Waals surface area contributed by atoms with Crippen molar-refractivity contribution in [1.82, 2.24) is 0 Å². The van der Waals surface area contributed by atoms with Crippen molar-refractivity contribution in [2.24, 2.45) is 0 Å². The second-order valence-corrected chi connectivity index (χ2v) is 4.50. The van der Waals surface area contributed by atoms with Gasteiger partial charge in [-0.3, -0.25) is 4.90 Å². The average Bonchev–Trinajstić information content (AvgIpc) is 2.27. The normalized spacial score (nSPS) is 19.6. The summed E-state index contributed by atoms with van der Waals surface area (Å²) in [5.41, 5.74) is 2.86. The van der Waals surface area contributed by atoms with Crippen LogP contribution >= 0.6 is 0 Å². The van der Waals surface area contributed by atoms with E-state index < -0.39 is 18.2 Å². The van der Waals surface area contributed by atoms with Gasteiger partial charge in [-0.25, -0.2) is 9.59 Å². The molecule has 18 heavy (non-hydrogen) atoms. The minimum atomic E-state index is -1.09. The second-order valence-electron chi connectivity index (χ2n) is 4.50. The fourth-order valence-electron chi connectivity index (χ4n) is 2.10. The van der Waals surface area contributed by atoms with E-state index in [-0.39, 0.29) is 0 Å². The van der Waals surface area contributed by atoms with Crippen LogP contribution < -0.4 is 4.90 Å². The third kappa shape index (κ3) is 2.45. The molecule has 1 atom stereocenters. The number of anilines is 1. The van der Waals surface area contributed by atoms with E-state index in [4.69, 9.17) is 9.84 Å². The lowest BCUT2D eigenvalue weighted by Crippen LogP contribution is -2.45. The number of benzene rings is 1. The summed E-state index contributed by atoms with van der Waals surface area (Å²) in [6.45, 7) is 4.26. The van der Waals surface area contributed by atoms with Crippen molar-refractivity contribution in [1.29, 1.82) is 0 Å². The fraction of sp³-hybridized carbons (Fsp3) is 0.385. The highest BCUT2D eigenvalue weighted by Gasteiger charge is 2.32. The Morgan fingerprint density at radius 1 is 1.33 bits per heavy atom. The Morgan fingerprint density at radius 3 is 2.44 bits per heavy atom. The summed E-state index contributed by atoms with van der Waals surface area (Å²) >= 11 is 0. The van der Waals surface area contributed by atoms with E-state index >= 15 is 0 Å². The Hall–Kier alpha value is -2.04. The largest absolute Gasteiger partial charge is 0.479 e. The third-order valence-electron chi connectivity index (χ3n) is 2.87. The van der Waals surface area contributed by atoms with Gasteiger partial charge in [0.25, 0.3) is 0 Å². The number of carboxylic acids is 1. The molecule has 1 saturated heterocycles. The van der Waals surface area contributed by atoms with Crippen LogP contribution in [0.1, 0.15) is 17.5 Å². The number of hydrogen-bond donors (Lipinski definition) is 1. The van der Waals surface area contributed by atoms with E-state index in [1.54, 1.807) is 0 Å². The highest BCUT2D eigenvalue weighted by atomic mass is 16.6. The van der Waals surface area contributed by atoms with Gasteiger partial charge in [0.05, 0.1) is 0 Å². The van der Waals surface area contributed by atoms with Crippen LogP contribution in [0.3, 0.4) is 0 Å². The molecule has 1 amide bonds. The molecule has 1 heterocycles. The second kappa shape index (κ2) is 4.68. The van der Waals surface area contributed by atoms with Crippen LogP contribution in [0.15, 0.2) is 18.2 Å². The maximum atomic E-state index is 11.8. The molecule has 2 rings (SSSR count). The monoisotopic (exact) mass is 249 g/mol. The molecule has 1 aliphatic rings. The van der Waals surface area contributed by atoms with Crippen LogP contribution in [0.4, 0.5) is 10.5 Å². The predicted octanol–water partition coefficient (Wildman–Crippen LogP) is 2.10. The zero-order valence-corrected chi connectivity index (χ0v) is 10.3. The number of rotatable bonds is 2. The molecule has 0 aromatic heterocycles. The summed E-state index contributed by atoms with van der Waals surface area (Å²) < 4.78 is 4.88. The minimum absolute atomic E-state index is 0.300. The van der Waals surface area contributed by atoms with Crippen molar-refractivity contribution < 1.29 is 19.4 Å². The van der Waals surface area contributed by atoms with Gasteiger partial charge in [-0.2, -0.15) is 0 Å². The van der Waals surface area contributed by atoms with Crippen molar-refractivity contribution in [2.75, 3.05) is 11.4 Å². The van der Waals surface area contributed by atoms with Crippen molar-refractivity contribution in [3.63, 3.8) is 0 Å². The van der Waals surface area contributed by atoms with E-state index in [2.05, 4.69) is 0 Å². The first-order chi connectivity index (χ1) is 8.47. The van der Waals surface area contributed by atoms with Gasteiger partial charge >= 0.3 is 12.1 Å². The number of amides is 1. The predicted molar refractivity (Wildman–Crippen MR) is 65.8 cm³/mol. The average molecular weight is 249 g/mol. The molecule has 5 nitrogen and oxygen atoms in total. The molecule has 0 spiro atoms. The standard InChI is InChI=1S/C13H15NO4/c1-8-5-9(2)7-10(6-8)14-4-3-11(12(15)16)18-13(14)17/h5-7,11H,3-4H2,1-2H3,(H,15,16). The number of carbonyl (C=O) groups is 2. The lowest BCUT2D eigenvalue weighted by molar-refractivity contribution is -0.147. The van der Waals surface area contributed by atoms with Gasteiger partial charge in [0.2, 0.25) is 6.10 Å². The number of carbonyl (C=O) groups excluding carboxylic acids is 1. The number of nitrogens with zero attached hydrogens (tertiary/aromatic N) is 1. The first-order valence-corrected chi connectivity index (χ1v) is 5.76. The summed E-state index contributed by atoms with van der Waals surface area (Å²) in [4.78, 5) is 24.0. The molecular weight excluding hydrogens is 234 g/mol. The van der Waals surface area contributed by atoms with Crippen molar-refractivity contribution in [2.45, 2.75) is 26.4 Å². The zero-order valence-electron chi connectivity index (χ0n) is 10.3. The topological polar surface area (TPSA) is 66.8 Å². The molecule has 1 unspecified atom stereocenters. The van der Waals surface area contributed by atoms with E-state index in [0.717, 1.165) is 16.8 Å². The van der Waals surface area contributed by atoms with E-state index in [0.29, 0.717) is 13.0 Å². The molecule has 0 aliphatic carbocycles. The van der Waals surface area contributed by atoms with Gasteiger partial charge in [-0.05, 0) is 37.1 Å². The van der Waals surface area contributed by atoms with E-state index in [9.17, 15) is 9.59 Å². The van der Waals surface area contributed by atoms with E-state index in [1.807, 2.05) is 32.0 Å². The van der Waals surface area contributed by atoms with Gasteiger partial charge < -0.3 is 9.84 Å². The number of hydrogen-bond acceptors (Lipinski definition) is 3. The Bertz CT molecular complexity index is 478. The maximum Gasteiger partial charge on any atom is 0.415 e. The van der Waals surface area contributed by atoms with Gasteiger partial charge in [0, 0.05) is 18.7 Å². The number of carboxylic acid groups (broad SMARTS) is 1. The molecular formula is C13H15NO4. The molecule has 96 valence electrons. The van der Waals surface area contributed by atoms with Crippen molar-refractivity contribution >= 4 is 17.7 Å². The third-order valence-corrected chi connectivity index (χ3v) is 2.87. The van der Waals surface area contributed by atoms with Crippen LogP contribution in [0, 0.1) is 13.8 Å². The zero-order chi connectivity index (χ0) is 13.3. The van der Waals surface area contributed by atoms with E-state index in [1.165, 1.54) is 4.90 Å². The number of aryl methyl sites for hydroxylation is 2. The minimum Gasteiger partial charge on any atom is -0.479 e. The van der Waals surface area contributed by atoms with Gasteiger partial charge in [0.15, 0.2) is 0 Å². The molecule has 0 radical (unpaired) electrons. The lowest BCUT2D eigenvalue weighted by Gasteiger charge is -2.30. The van der Waals surface area contributed by atoms with Crippen LogP contribution in [-0.4, -0.2) is 29.8 Å². The highest BCUT2D eigenvalue weighted by Crippen LogP contribution is 2.23. The Morgan fingerprint density at radius 2 is 1.94 bits per heavy atom. The fourth-order valence-corrected chi connectivity index (χ4v) is 2.10. The first-order valence-electron chi connectivity index (χ1n) is 5.76. The Labute approximate surface area is 105 Å². The number of cyclic esters (lactones) is 1. The number of ether oxygens (including phenoxy) is 1. The Kier molecular flexibility index (Phi) is 3.23.